The number of H-pyrrole nitrogens is 1. The second kappa shape index (κ2) is 10.5. The van der Waals surface area contributed by atoms with Gasteiger partial charge in [0.05, 0.1) is 15.5 Å². The molecule has 10 nitrogen and oxygen atoms in total. The Bertz CT molecular complexity index is 1250. The van der Waals surface area contributed by atoms with Crippen molar-refractivity contribution in [3.05, 3.63) is 49.6 Å². The van der Waals surface area contributed by atoms with Gasteiger partial charge in [-0.05, 0) is 30.5 Å². The van der Waals surface area contributed by atoms with Crippen LogP contribution in [0.3, 0.4) is 0 Å². The first kappa shape index (κ1) is 26.6. The van der Waals surface area contributed by atoms with E-state index in [2.05, 4.69) is 4.98 Å². The molecule has 1 amide bonds. The number of rotatable bonds is 9. The van der Waals surface area contributed by atoms with Crippen LogP contribution in [0.25, 0.3) is 0 Å². The lowest BCUT2D eigenvalue weighted by Gasteiger charge is -2.25. The summed E-state index contributed by atoms with van der Waals surface area (Å²) < 4.78 is 27.4. The van der Waals surface area contributed by atoms with E-state index in [1.165, 1.54) is 36.9 Å². The molecule has 0 aliphatic heterocycles. The van der Waals surface area contributed by atoms with Gasteiger partial charge in [0.15, 0.2) is 5.69 Å². The van der Waals surface area contributed by atoms with Gasteiger partial charge in [-0.3, -0.25) is 19.1 Å². The summed E-state index contributed by atoms with van der Waals surface area (Å²) in [5.74, 6) is -0.794. The lowest BCUT2D eigenvalue weighted by Crippen LogP contribution is -2.42. The number of anilines is 2. The second-order valence-electron chi connectivity index (χ2n) is 8.24. The molecule has 0 aliphatic carbocycles. The molecule has 0 saturated carbocycles. The van der Waals surface area contributed by atoms with Gasteiger partial charge in [-0.1, -0.05) is 38.8 Å². The van der Waals surface area contributed by atoms with Crippen molar-refractivity contribution in [2.24, 2.45) is 5.92 Å². The van der Waals surface area contributed by atoms with Gasteiger partial charge in [0.1, 0.15) is 5.82 Å². The van der Waals surface area contributed by atoms with E-state index in [1.807, 2.05) is 20.8 Å². The molecule has 1 aromatic carbocycles. The van der Waals surface area contributed by atoms with Crippen LogP contribution in [0.1, 0.15) is 44.0 Å². The number of carbonyl (C=O) groups is 1. The lowest BCUT2D eigenvalue weighted by molar-refractivity contribution is 0.0986. The van der Waals surface area contributed by atoms with E-state index in [0.717, 1.165) is 9.21 Å². The normalized spacial score (nSPS) is 11.9. The molecule has 0 spiro atoms. The predicted molar refractivity (Wildman–Crippen MR) is 129 cm³/mol. The van der Waals surface area contributed by atoms with Gasteiger partial charge in [-0.2, -0.15) is 0 Å². The zero-order valence-corrected chi connectivity index (χ0v) is 21.0. The quantitative estimate of drug-likeness (QED) is 0.541. The topological polar surface area (TPSA) is 139 Å². The Balaban J connectivity index is 2.72. The Morgan fingerprint density at radius 2 is 1.88 bits per heavy atom. The molecule has 33 heavy (non-hydrogen) atoms. The highest BCUT2D eigenvalue weighted by molar-refractivity contribution is 7.89. The van der Waals surface area contributed by atoms with Crippen LogP contribution in [0.2, 0.25) is 5.02 Å². The highest BCUT2D eigenvalue weighted by Gasteiger charge is 2.28. The molecule has 0 aliphatic rings. The molecule has 1 heterocycles. The Kier molecular flexibility index (Phi) is 8.50. The fourth-order valence-corrected chi connectivity index (χ4v) is 4.33. The van der Waals surface area contributed by atoms with E-state index >= 15 is 0 Å². The van der Waals surface area contributed by atoms with Crippen molar-refractivity contribution >= 4 is 39.0 Å². The molecule has 2 rings (SSSR count). The number of hydrogen-bond donors (Lipinski definition) is 2. The molecule has 2 aromatic rings. The Morgan fingerprint density at radius 1 is 1.24 bits per heavy atom. The fraction of sp³-hybridized carbons (Fsp3) is 0.476. The number of unbranched alkanes of at least 4 members (excludes halogenated alkanes) is 1. The molecule has 0 bridgehead atoms. The highest BCUT2D eigenvalue weighted by Crippen LogP contribution is 2.27. The minimum absolute atomic E-state index is 0.0182. The maximum Gasteiger partial charge on any atom is 0.330 e. The van der Waals surface area contributed by atoms with Crippen LogP contribution in [0.5, 0.6) is 0 Å². The molecule has 0 atom stereocenters. The third kappa shape index (κ3) is 5.66. The molecule has 182 valence electrons. The Morgan fingerprint density at radius 3 is 2.42 bits per heavy atom. The van der Waals surface area contributed by atoms with Gasteiger partial charge in [0.2, 0.25) is 10.0 Å². The summed E-state index contributed by atoms with van der Waals surface area (Å²) in [5.41, 5.74) is 4.45. The van der Waals surface area contributed by atoms with Crippen LogP contribution in [0.4, 0.5) is 11.5 Å². The lowest BCUT2D eigenvalue weighted by atomic mass is 10.1. The van der Waals surface area contributed by atoms with E-state index in [1.54, 1.807) is 0 Å². The molecule has 12 heteroatoms. The van der Waals surface area contributed by atoms with Crippen LogP contribution in [0, 0.1) is 5.92 Å². The second-order valence-corrected chi connectivity index (χ2v) is 10.8. The third-order valence-electron chi connectivity index (χ3n) is 4.96. The molecule has 1 aromatic heterocycles. The van der Waals surface area contributed by atoms with Crippen molar-refractivity contribution in [3.63, 3.8) is 0 Å². The van der Waals surface area contributed by atoms with Crippen molar-refractivity contribution in [2.45, 2.75) is 45.1 Å². The zero-order valence-electron chi connectivity index (χ0n) is 19.4. The number of carbonyl (C=O) groups excluding carboxylic acids is 1. The number of halogens is 1. The number of aromatic nitrogens is 2. The van der Waals surface area contributed by atoms with E-state index in [-0.39, 0.29) is 46.0 Å². The molecular formula is C21H30ClN5O5S. The van der Waals surface area contributed by atoms with Crippen molar-refractivity contribution in [2.75, 3.05) is 31.3 Å². The highest BCUT2D eigenvalue weighted by atomic mass is 35.5. The zero-order chi connectivity index (χ0) is 25.1. The summed E-state index contributed by atoms with van der Waals surface area (Å²) >= 11 is 6.26. The van der Waals surface area contributed by atoms with Gasteiger partial charge >= 0.3 is 5.69 Å². The first-order valence-electron chi connectivity index (χ1n) is 10.5. The number of nitrogens with zero attached hydrogens (tertiary/aromatic N) is 3. The minimum atomic E-state index is -3.83. The SMILES string of the molecule is CCCCN(C(=O)c1cc(S(=O)(=O)N(C)C)ccc1Cl)c1c(N)n(CC(C)C)c(=O)[nH]c1=O. The summed E-state index contributed by atoms with van der Waals surface area (Å²) in [7, 11) is -1.09. The number of benzene rings is 1. The largest absolute Gasteiger partial charge is 0.383 e. The molecule has 0 fully saturated rings. The Hall–Kier alpha value is -2.63. The Labute approximate surface area is 198 Å². The van der Waals surface area contributed by atoms with Crippen molar-refractivity contribution in [1.29, 1.82) is 0 Å². The van der Waals surface area contributed by atoms with Crippen molar-refractivity contribution in [1.82, 2.24) is 13.9 Å². The molecule has 0 unspecified atom stereocenters. The summed E-state index contributed by atoms with van der Waals surface area (Å²) in [5, 5.41) is 0.0182. The van der Waals surface area contributed by atoms with Crippen molar-refractivity contribution < 1.29 is 13.2 Å². The maximum atomic E-state index is 13.6. The average Bonchev–Trinajstić information content (AvgIpc) is 2.72. The number of aromatic amines is 1. The van der Waals surface area contributed by atoms with Gasteiger partial charge in [-0.15, -0.1) is 0 Å². The number of sulfonamides is 1. The van der Waals surface area contributed by atoms with Gasteiger partial charge in [0.25, 0.3) is 11.5 Å². The van der Waals surface area contributed by atoms with Crippen LogP contribution in [0.15, 0.2) is 32.7 Å². The van der Waals surface area contributed by atoms with E-state index < -0.39 is 27.2 Å². The third-order valence-corrected chi connectivity index (χ3v) is 7.10. The van der Waals surface area contributed by atoms with E-state index in [4.69, 9.17) is 17.3 Å². The summed E-state index contributed by atoms with van der Waals surface area (Å²) in [6.07, 6.45) is 1.23. The standard InChI is InChI=1S/C21H30ClN5O5S/c1-6-7-10-26(17-18(23)27(12-13(2)3)21(30)24-19(17)28)20(29)15-11-14(8-9-16(15)22)33(31,32)25(4)5/h8-9,11,13H,6-7,10,12,23H2,1-5H3,(H,24,28,30). The van der Waals surface area contributed by atoms with E-state index in [0.29, 0.717) is 12.8 Å². The van der Waals surface area contributed by atoms with E-state index in [9.17, 15) is 22.8 Å². The monoisotopic (exact) mass is 499 g/mol. The van der Waals surface area contributed by atoms with Gasteiger partial charge in [-0.25, -0.2) is 17.5 Å². The van der Waals surface area contributed by atoms with Crippen LogP contribution >= 0.6 is 11.6 Å². The average molecular weight is 500 g/mol. The predicted octanol–water partition coefficient (Wildman–Crippen LogP) is 2.13. The number of amides is 1. The van der Waals surface area contributed by atoms with Crippen LogP contribution < -0.4 is 21.9 Å². The molecule has 0 radical (unpaired) electrons. The van der Waals surface area contributed by atoms with Crippen LogP contribution in [-0.2, 0) is 16.6 Å². The van der Waals surface area contributed by atoms with Gasteiger partial charge in [0, 0.05) is 27.2 Å². The van der Waals surface area contributed by atoms with Gasteiger partial charge < -0.3 is 10.6 Å². The summed E-state index contributed by atoms with van der Waals surface area (Å²) in [6.45, 7) is 6.03. The summed E-state index contributed by atoms with van der Waals surface area (Å²) in [4.78, 5) is 41.9. The number of nitrogen functional groups attached to an aromatic ring is 1. The first-order valence-corrected chi connectivity index (χ1v) is 12.3. The first-order chi connectivity index (χ1) is 15.3. The van der Waals surface area contributed by atoms with Crippen molar-refractivity contribution in [3.8, 4) is 0 Å². The smallest absolute Gasteiger partial charge is 0.330 e. The molecular weight excluding hydrogens is 470 g/mol. The number of hydrogen-bond acceptors (Lipinski definition) is 6. The maximum absolute atomic E-state index is 13.6. The minimum Gasteiger partial charge on any atom is -0.383 e. The van der Waals surface area contributed by atoms with Crippen LogP contribution in [-0.4, -0.2) is 48.8 Å². The summed E-state index contributed by atoms with van der Waals surface area (Å²) in [6, 6.07) is 3.79. The number of nitrogens with two attached hydrogens (primary N) is 1. The molecule has 0 saturated heterocycles. The molecule has 3 N–H and O–H groups in total. The number of nitrogens with one attached hydrogen (secondary N) is 1. The fourth-order valence-electron chi connectivity index (χ4n) is 3.20.